The first-order valence-electron chi connectivity index (χ1n) is 7.81. The van der Waals surface area contributed by atoms with Gasteiger partial charge in [0.25, 0.3) is 0 Å². The third-order valence-electron chi connectivity index (χ3n) is 4.83. The van der Waals surface area contributed by atoms with Crippen LogP contribution in [-0.2, 0) is 6.42 Å². The van der Waals surface area contributed by atoms with E-state index in [-0.39, 0.29) is 6.03 Å². The molecule has 0 bridgehead atoms. The summed E-state index contributed by atoms with van der Waals surface area (Å²) in [5.41, 5.74) is 1.56. The van der Waals surface area contributed by atoms with Crippen LogP contribution < -0.4 is 5.32 Å². The Morgan fingerprint density at radius 1 is 1.43 bits per heavy atom. The van der Waals surface area contributed by atoms with E-state index in [4.69, 9.17) is 4.52 Å². The average Bonchev–Trinajstić information content (AvgIpc) is 3.03. The SMILES string of the molecule is CCc1noc(C)c1NC(=O)N1CCC2CCN(C)CC21. The summed E-state index contributed by atoms with van der Waals surface area (Å²) in [5, 5.41) is 7.00. The Kier molecular flexibility index (Phi) is 3.89. The van der Waals surface area contributed by atoms with Gasteiger partial charge in [-0.15, -0.1) is 0 Å². The number of amides is 2. The highest BCUT2D eigenvalue weighted by Crippen LogP contribution is 2.32. The van der Waals surface area contributed by atoms with Gasteiger partial charge in [-0.05, 0) is 45.7 Å². The molecule has 2 saturated heterocycles. The number of fused-ring (bicyclic) bond motifs is 1. The van der Waals surface area contributed by atoms with E-state index in [0.29, 0.717) is 17.7 Å². The first kappa shape index (κ1) is 14.4. The van der Waals surface area contributed by atoms with Crippen LogP contribution in [0.5, 0.6) is 0 Å². The summed E-state index contributed by atoms with van der Waals surface area (Å²) in [6.45, 7) is 6.81. The van der Waals surface area contributed by atoms with Gasteiger partial charge in [-0.3, -0.25) is 0 Å². The number of nitrogens with zero attached hydrogens (tertiary/aromatic N) is 3. The summed E-state index contributed by atoms with van der Waals surface area (Å²) in [7, 11) is 2.13. The molecule has 2 amide bonds. The highest BCUT2D eigenvalue weighted by atomic mass is 16.5. The third kappa shape index (κ3) is 2.64. The molecule has 2 unspecified atom stereocenters. The van der Waals surface area contributed by atoms with E-state index >= 15 is 0 Å². The highest BCUT2D eigenvalue weighted by Gasteiger charge is 2.40. The largest absolute Gasteiger partial charge is 0.359 e. The minimum absolute atomic E-state index is 0.0150. The van der Waals surface area contributed by atoms with Crippen LogP contribution in [0, 0.1) is 12.8 Å². The van der Waals surface area contributed by atoms with Crippen LogP contribution in [0.2, 0.25) is 0 Å². The van der Waals surface area contributed by atoms with Crippen molar-refractivity contribution >= 4 is 11.7 Å². The molecule has 1 aromatic rings. The van der Waals surface area contributed by atoms with Gasteiger partial charge < -0.3 is 19.6 Å². The predicted molar refractivity (Wildman–Crippen MR) is 80.4 cm³/mol. The number of nitrogens with one attached hydrogen (secondary N) is 1. The van der Waals surface area contributed by atoms with Gasteiger partial charge in [0.2, 0.25) is 0 Å². The second-order valence-electron chi connectivity index (χ2n) is 6.20. The number of carbonyl (C=O) groups excluding carboxylic acids is 1. The van der Waals surface area contributed by atoms with E-state index in [9.17, 15) is 4.79 Å². The molecule has 1 aromatic heterocycles. The molecule has 3 heterocycles. The molecule has 2 aliphatic heterocycles. The lowest BCUT2D eigenvalue weighted by atomic mass is 9.92. The summed E-state index contributed by atoms with van der Waals surface area (Å²) in [6, 6.07) is 0.327. The number of hydrogen-bond donors (Lipinski definition) is 1. The molecule has 0 radical (unpaired) electrons. The van der Waals surface area contributed by atoms with Crippen molar-refractivity contribution in [2.45, 2.75) is 39.2 Å². The van der Waals surface area contributed by atoms with Crippen LogP contribution >= 0.6 is 0 Å². The van der Waals surface area contributed by atoms with Crippen molar-refractivity contribution in [2.24, 2.45) is 5.92 Å². The number of carbonyl (C=O) groups is 1. The summed E-state index contributed by atoms with van der Waals surface area (Å²) in [4.78, 5) is 16.9. The number of likely N-dealkylation sites (N-methyl/N-ethyl adjacent to an activating group) is 1. The second-order valence-corrected chi connectivity index (χ2v) is 6.20. The van der Waals surface area contributed by atoms with Crippen molar-refractivity contribution in [1.82, 2.24) is 15.0 Å². The van der Waals surface area contributed by atoms with Crippen LogP contribution in [-0.4, -0.2) is 53.7 Å². The number of aromatic nitrogens is 1. The molecule has 6 nitrogen and oxygen atoms in total. The van der Waals surface area contributed by atoms with Crippen LogP contribution in [0.25, 0.3) is 0 Å². The van der Waals surface area contributed by atoms with Crippen molar-refractivity contribution in [3.8, 4) is 0 Å². The lowest BCUT2D eigenvalue weighted by Gasteiger charge is -2.36. The van der Waals surface area contributed by atoms with E-state index in [1.807, 2.05) is 18.7 Å². The van der Waals surface area contributed by atoms with Gasteiger partial charge in [0.15, 0.2) is 5.76 Å². The normalized spacial score (nSPS) is 26.0. The van der Waals surface area contributed by atoms with Crippen molar-refractivity contribution in [1.29, 1.82) is 0 Å². The molecule has 2 aliphatic rings. The zero-order valence-corrected chi connectivity index (χ0v) is 13.1. The fraction of sp³-hybridized carbons (Fsp3) is 0.733. The molecule has 21 heavy (non-hydrogen) atoms. The van der Waals surface area contributed by atoms with Crippen LogP contribution in [0.4, 0.5) is 10.5 Å². The molecular formula is C15H24N4O2. The van der Waals surface area contributed by atoms with Crippen molar-refractivity contribution in [3.05, 3.63) is 11.5 Å². The lowest BCUT2D eigenvalue weighted by Crippen LogP contribution is -2.49. The molecule has 0 saturated carbocycles. The quantitative estimate of drug-likeness (QED) is 0.907. The minimum Gasteiger partial charge on any atom is -0.359 e. The van der Waals surface area contributed by atoms with E-state index in [1.165, 1.54) is 6.42 Å². The second kappa shape index (κ2) is 5.67. The van der Waals surface area contributed by atoms with E-state index in [0.717, 1.165) is 43.9 Å². The van der Waals surface area contributed by atoms with E-state index in [1.54, 1.807) is 0 Å². The number of rotatable bonds is 2. The van der Waals surface area contributed by atoms with Gasteiger partial charge in [0, 0.05) is 19.1 Å². The monoisotopic (exact) mass is 292 g/mol. The number of likely N-dealkylation sites (tertiary alicyclic amines) is 2. The predicted octanol–water partition coefficient (Wildman–Crippen LogP) is 2.10. The Morgan fingerprint density at radius 2 is 2.19 bits per heavy atom. The smallest absolute Gasteiger partial charge is 0.322 e. The van der Waals surface area contributed by atoms with Gasteiger partial charge >= 0.3 is 6.03 Å². The molecule has 0 aromatic carbocycles. The van der Waals surface area contributed by atoms with Crippen molar-refractivity contribution in [2.75, 3.05) is 32.0 Å². The number of anilines is 1. The number of urea groups is 1. The maximum absolute atomic E-state index is 12.6. The number of hydrogen-bond acceptors (Lipinski definition) is 4. The van der Waals surface area contributed by atoms with Crippen LogP contribution in [0.3, 0.4) is 0 Å². The zero-order valence-electron chi connectivity index (χ0n) is 13.1. The van der Waals surface area contributed by atoms with Gasteiger partial charge in [-0.2, -0.15) is 0 Å². The maximum Gasteiger partial charge on any atom is 0.322 e. The molecule has 0 aliphatic carbocycles. The number of piperidine rings is 1. The Balaban J connectivity index is 1.72. The Morgan fingerprint density at radius 3 is 2.95 bits per heavy atom. The minimum atomic E-state index is -0.0150. The fourth-order valence-corrected chi connectivity index (χ4v) is 3.55. The van der Waals surface area contributed by atoms with Crippen LogP contribution in [0.15, 0.2) is 4.52 Å². The molecule has 3 rings (SSSR count). The molecule has 116 valence electrons. The van der Waals surface area contributed by atoms with E-state index in [2.05, 4.69) is 22.4 Å². The molecule has 0 spiro atoms. The summed E-state index contributed by atoms with van der Waals surface area (Å²) >= 11 is 0. The molecule has 1 N–H and O–H groups in total. The Labute approximate surface area is 125 Å². The molecule has 2 atom stereocenters. The average molecular weight is 292 g/mol. The number of aryl methyl sites for hydroxylation is 2. The zero-order chi connectivity index (χ0) is 15.0. The van der Waals surface area contributed by atoms with E-state index < -0.39 is 0 Å². The summed E-state index contributed by atoms with van der Waals surface area (Å²) in [5.74, 6) is 1.33. The topological polar surface area (TPSA) is 61.6 Å². The summed E-state index contributed by atoms with van der Waals surface area (Å²) in [6.07, 6.45) is 3.06. The Hall–Kier alpha value is -1.56. The highest BCUT2D eigenvalue weighted by molar-refractivity contribution is 5.90. The van der Waals surface area contributed by atoms with Gasteiger partial charge in [-0.1, -0.05) is 12.1 Å². The molecular weight excluding hydrogens is 268 g/mol. The molecule has 6 heteroatoms. The first-order chi connectivity index (χ1) is 10.1. The lowest BCUT2D eigenvalue weighted by molar-refractivity contribution is 0.137. The standard InChI is InChI=1S/C15H24N4O2/c1-4-12-14(10(2)21-17-12)16-15(20)19-8-6-11-5-7-18(3)9-13(11)19/h11,13H,4-9H2,1-3H3,(H,16,20). The van der Waals surface area contributed by atoms with Crippen LogP contribution in [0.1, 0.15) is 31.2 Å². The van der Waals surface area contributed by atoms with Gasteiger partial charge in [0.05, 0.1) is 0 Å². The summed E-state index contributed by atoms with van der Waals surface area (Å²) < 4.78 is 5.18. The Bertz CT molecular complexity index is 528. The fourth-order valence-electron chi connectivity index (χ4n) is 3.55. The van der Waals surface area contributed by atoms with Crippen molar-refractivity contribution < 1.29 is 9.32 Å². The first-order valence-corrected chi connectivity index (χ1v) is 7.81. The molecule has 2 fully saturated rings. The third-order valence-corrected chi connectivity index (χ3v) is 4.83. The van der Waals surface area contributed by atoms with Crippen molar-refractivity contribution in [3.63, 3.8) is 0 Å². The van der Waals surface area contributed by atoms with Gasteiger partial charge in [0.1, 0.15) is 11.4 Å². The maximum atomic E-state index is 12.6. The van der Waals surface area contributed by atoms with Gasteiger partial charge in [-0.25, -0.2) is 4.79 Å².